The molecule has 1 aromatic carbocycles. The molecule has 0 aromatic heterocycles. The van der Waals surface area contributed by atoms with Crippen LogP contribution < -0.4 is 4.90 Å². The number of amides is 1. The minimum absolute atomic E-state index is 0.285. The quantitative estimate of drug-likeness (QED) is 0.881. The minimum Gasteiger partial charge on any atom is -0.481 e. The summed E-state index contributed by atoms with van der Waals surface area (Å²) in [6, 6.07) is 5.98. The Morgan fingerprint density at radius 2 is 1.92 bits per heavy atom. The van der Waals surface area contributed by atoms with Gasteiger partial charge in [-0.05, 0) is 18.6 Å². The second-order valence-electron chi connectivity index (χ2n) is 6.29. The predicted molar refractivity (Wildman–Crippen MR) is 84.5 cm³/mol. The Balaban J connectivity index is 1.79. The number of hydrogen-bond acceptors (Lipinski definition) is 3. The van der Waals surface area contributed by atoms with Crippen LogP contribution in [0.5, 0.6) is 0 Å². The number of carboxylic acid groups (broad SMARTS) is 1. The van der Waals surface area contributed by atoms with Gasteiger partial charge in [0.1, 0.15) is 0 Å². The van der Waals surface area contributed by atoms with Gasteiger partial charge in [0.2, 0.25) is 5.91 Å². The molecule has 2 saturated heterocycles. The SMILES string of the molecule is O=C(O)[C@@H]1CN(C2CCN(c3ccccc3Cl)C2=O)C[C@H]1C(F)(F)F. The first-order chi connectivity index (χ1) is 11.7. The van der Waals surface area contributed by atoms with Crippen molar-refractivity contribution in [2.75, 3.05) is 24.5 Å². The van der Waals surface area contributed by atoms with E-state index >= 15 is 0 Å². The predicted octanol–water partition coefficient (Wildman–Crippen LogP) is 2.64. The number of carbonyl (C=O) groups excluding carboxylic acids is 1. The van der Waals surface area contributed by atoms with Crippen molar-refractivity contribution >= 4 is 29.2 Å². The highest BCUT2D eigenvalue weighted by Gasteiger charge is 2.55. The van der Waals surface area contributed by atoms with Crippen LogP contribution in [0.15, 0.2) is 24.3 Å². The first-order valence-electron chi connectivity index (χ1n) is 7.79. The van der Waals surface area contributed by atoms with Crippen LogP contribution in [-0.2, 0) is 9.59 Å². The molecule has 0 saturated carbocycles. The van der Waals surface area contributed by atoms with Crippen molar-refractivity contribution in [2.24, 2.45) is 11.8 Å². The van der Waals surface area contributed by atoms with E-state index in [-0.39, 0.29) is 12.5 Å². The van der Waals surface area contributed by atoms with Crippen molar-refractivity contribution in [1.29, 1.82) is 0 Å². The van der Waals surface area contributed by atoms with E-state index in [9.17, 15) is 22.8 Å². The van der Waals surface area contributed by atoms with Crippen LogP contribution in [0.2, 0.25) is 5.02 Å². The smallest absolute Gasteiger partial charge is 0.393 e. The Morgan fingerprint density at radius 3 is 2.48 bits per heavy atom. The summed E-state index contributed by atoms with van der Waals surface area (Å²) in [4.78, 5) is 26.7. The summed E-state index contributed by atoms with van der Waals surface area (Å²) in [6.45, 7) is -0.433. The molecule has 9 heteroatoms. The average molecular weight is 377 g/mol. The number of nitrogens with zero attached hydrogens (tertiary/aromatic N) is 2. The van der Waals surface area contributed by atoms with Crippen molar-refractivity contribution < 1.29 is 27.9 Å². The topological polar surface area (TPSA) is 60.9 Å². The second-order valence-corrected chi connectivity index (χ2v) is 6.70. The van der Waals surface area contributed by atoms with Crippen LogP contribution in [0.3, 0.4) is 0 Å². The molecule has 2 fully saturated rings. The Labute approximate surface area is 147 Å². The third-order valence-corrected chi connectivity index (χ3v) is 5.17. The summed E-state index contributed by atoms with van der Waals surface area (Å²) in [5.41, 5.74) is 0.512. The molecule has 1 amide bonds. The molecule has 2 heterocycles. The van der Waals surface area contributed by atoms with Crippen LogP contribution in [0.25, 0.3) is 0 Å². The van der Waals surface area contributed by atoms with Crippen LogP contribution in [-0.4, -0.2) is 53.7 Å². The molecular weight excluding hydrogens is 361 g/mol. The molecule has 1 unspecified atom stereocenters. The zero-order chi connectivity index (χ0) is 18.4. The zero-order valence-electron chi connectivity index (χ0n) is 13.0. The largest absolute Gasteiger partial charge is 0.481 e. The molecule has 0 aliphatic carbocycles. The molecule has 0 radical (unpaired) electrons. The van der Waals surface area contributed by atoms with Gasteiger partial charge in [-0.2, -0.15) is 13.2 Å². The Kier molecular flexibility index (Phi) is 4.68. The fraction of sp³-hybridized carbons (Fsp3) is 0.500. The van der Waals surface area contributed by atoms with Gasteiger partial charge < -0.3 is 10.0 Å². The molecule has 0 bridgehead atoms. The molecule has 1 N–H and O–H groups in total. The minimum atomic E-state index is -4.61. The lowest BCUT2D eigenvalue weighted by Crippen LogP contribution is -2.41. The van der Waals surface area contributed by atoms with Gasteiger partial charge in [0, 0.05) is 19.6 Å². The van der Waals surface area contributed by atoms with Crippen LogP contribution in [0.1, 0.15) is 6.42 Å². The molecule has 2 aliphatic heterocycles. The standard InChI is InChI=1S/C16H16ClF3N2O3/c17-11-3-1-2-4-12(11)22-6-5-13(14(22)23)21-7-9(15(24)25)10(8-21)16(18,19)20/h1-4,9-10,13H,5-8H2,(H,24,25)/t9-,10-,13?/m1/s1. The second kappa shape index (κ2) is 6.49. The number of anilines is 1. The van der Waals surface area contributed by atoms with Gasteiger partial charge in [0.15, 0.2) is 0 Å². The van der Waals surface area contributed by atoms with E-state index in [1.165, 1.54) is 9.80 Å². The highest BCUT2D eigenvalue weighted by molar-refractivity contribution is 6.33. The van der Waals surface area contributed by atoms with E-state index < -0.39 is 36.6 Å². The number of benzene rings is 1. The van der Waals surface area contributed by atoms with E-state index in [0.29, 0.717) is 23.7 Å². The molecule has 5 nitrogen and oxygen atoms in total. The summed E-state index contributed by atoms with van der Waals surface area (Å²) in [5, 5.41) is 9.48. The molecule has 25 heavy (non-hydrogen) atoms. The Morgan fingerprint density at radius 1 is 1.24 bits per heavy atom. The Hall–Kier alpha value is -1.80. The van der Waals surface area contributed by atoms with Gasteiger partial charge in [-0.3, -0.25) is 14.5 Å². The first-order valence-corrected chi connectivity index (χ1v) is 8.17. The lowest BCUT2D eigenvalue weighted by atomic mass is 9.96. The number of likely N-dealkylation sites (tertiary alicyclic amines) is 1. The van der Waals surface area contributed by atoms with Gasteiger partial charge >= 0.3 is 12.1 Å². The molecular formula is C16H16ClF3N2O3. The van der Waals surface area contributed by atoms with Crippen molar-refractivity contribution in [3.05, 3.63) is 29.3 Å². The number of halogens is 4. The van der Waals surface area contributed by atoms with Gasteiger partial charge in [0.05, 0.1) is 28.6 Å². The van der Waals surface area contributed by atoms with Crippen LogP contribution in [0.4, 0.5) is 18.9 Å². The van der Waals surface area contributed by atoms with Crippen molar-refractivity contribution in [3.8, 4) is 0 Å². The average Bonchev–Trinajstić information content (AvgIpc) is 3.11. The van der Waals surface area contributed by atoms with E-state index in [4.69, 9.17) is 16.7 Å². The molecule has 0 spiro atoms. The van der Waals surface area contributed by atoms with Crippen molar-refractivity contribution in [1.82, 2.24) is 4.90 Å². The number of carbonyl (C=O) groups is 2. The summed E-state index contributed by atoms with van der Waals surface area (Å²) < 4.78 is 39.4. The lowest BCUT2D eigenvalue weighted by Gasteiger charge is -2.24. The number of rotatable bonds is 3. The van der Waals surface area contributed by atoms with Crippen molar-refractivity contribution in [2.45, 2.75) is 18.6 Å². The van der Waals surface area contributed by atoms with E-state index in [1.807, 2.05) is 0 Å². The Bertz CT molecular complexity index is 697. The summed E-state index contributed by atoms with van der Waals surface area (Å²) in [7, 11) is 0. The van der Waals surface area contributed by atoms with Crippen molar-refractivity contribution in [3.63, 3.8) is 0 Å². The number of alkyl halides is 3. The third kappa shape index (κ3) is 3.32. The normalized spacial score (nSPS) is 27.9. The van der Waals surface area contributed by atoms with Gasteiger partial charge in [-0.1, -0.05) is 23.7 Å². The van der Waals surface area contributed by atoms with E-state index in [1.54, 1.807) is 24.3 Å². The zero-order valence-corrected chi connectivity index (χ0v) is 13.8. The van der Waals surface area contributed by atoms with Gasteiger partial charge in [-0.15, -0.1) is 0 Å². The highest BCUT2D eigenvalue weighted by Crippen LogP contribution is 2.40. The fourth-order valence-electron chi connectivity index (χ4n) is 3.58. The molecule has 1 aromatic rings. The maximum atomic E-state index is 13.1. The first kappa shape index (κ1) is 18.0. The number of aliphatic carboxylic acids is 1. The maximum absolute atomic E-state index is 13.1. The fourth-order valence-corrected chi connectivity index (χ4v) is 3.82. The molecule has 2 aliphatic rings. The number of hydrogen-bond donors (Lipinski definition) is 1. The monoisotopic (exact) mass is 376 g/mol. The summed E-state index contributed by atoms with van der Waals surface area (Å²) >= 11 is 6.09. The third-order valence-electron chi connectivity index (χ3n) is 4.85. The maximum Gasteiger partial charge on any atom is 0.393 e. The lowest BCUT2D eigenvalue weighted by molar-refractivity contribution is -0.188. The number of para-hydroxylation sites is 1. The summed E-state index contributed by atoms with van der Waals surface area (Å²) in [6.07, 6.45) is -4.27. The molecule has 3 rings (SSSR count). The summed E-state index contributed by atoms with van der Waals surface area (Å²) in [5.74, 6) is -5.35. The molecule has 3 atom stereocenters. The van der Waals surface area contributed by atoms with E-state index in [0.717, 1.165) is 0 Å². The van der Waals surface area contributed by atoms with Gasteiger partial charge in [-0.25, -0.2) is 0 Å². The number of carboxylic acids is 1. The molecule has 136 valence electrons. The van der Waals surface area contributed by atoms with Crippen LogP contribution in [0, 0.1) is 11.8 Å². The van der Waals surface area contributed by atoms with Crippen LogP contribution >= 0.6 is 11.6 Å². The van der Waals surface area contributed by atoms with Gasteiger partial charge in [0.25, 0.3) is 0 Å². The highest BCUT2D eigenvalue weighted by atomic mass is 35.5. The van der Waals surface area contributed by atoms with E-state index in [2.05, 4.69) is 0 Å².